The van der Waals surface area contributed by atoms with Crippen molar-refractivity contribution >= 4 is 44.4 Å². The van der Waals surface area contributed by atoms with E-state index in [1.807, 2.05) is 31.2 Å². The first-order chi connectivity index (χ1) is 15.6. The van der Waals surface area contributed by atoms with Crippen LogP contribution in [0, 0.1) is 0 Å². The number of hydrogen-bond acceptors (Lipinski definition) is 6. The van der Waals surface area contributed by atoms with E-state index in [-0.39, 0.29) is 5.91 Å². The number of hydrogen-bond donors (Lipinski definition) is 1. The fourth-order valence-corrected chi connectivity index (χ4v) is 5.65. The summed E-state index contributed by atoms with van der Waals surface area (Å²) < 4.78 is 17.3. The fourth-order valence-electron chi connectivity index (χ4n) is 3.80. The number of aryl methyl sites for hydroxylation is 1. The van der Waals surface area contributed by atoms with E-state index in [0.717, 1.165) is 52.0 Å². The van der Waals surface area contributed by atoms with Gasteiger partial charge in [-0.2, -0.15) is 0 Å². The van der Waals surface area contributed by atoms with E-state index in [2.05, 4.69) is 21.2 Å². The van der Waals surface area contributed by atoms with Gasteiger partial charge in [0.2, 0.25) is 0 Å². The van der Waals surface area contributed by atoms with Gasteiger partial charge in [0.05, 0.1) is 36.6 Å². The van der Waals surface area contributed by atoms with Gasteiger partial charge < -0.3 is 19.2 Å². The molecule has 1 amide bonds. The second kappa shape index (κ2) is 10.4. The number of halogens is 1. The number of nitrogens with one attached hydrogen (secondary N) is 1. The molecule has 0 saturated heterocycles. The van der Waals surface area contributed by atoms with Crippen molar-refractivity contribution in [1.82, 2.24) is 5.32 Å². The summed E-state index contributed by atoms with van der Waals surface area (Å²) in [4.78, 5) is 19.1. The molecule has 0 unspecified atom stereocenters. The minimum Gasteiger partial charge on any atom is -0.492 e. The second-order valence-electron chi connectivity index (χ2n) is 7.38. The molecule has 8 heteroatoms. The molecule has 1 aliphatic rings. The van der Waals surface area contributed by atoms with E-state index in [4.69, 9.17) is 18.9 Å². The standard InChI is InChI=1S/C24H25BrN2O4S/c1-3-30-19-12-15(11-18(25)22(19)29-2)13-27-24-21(17-8-4-5-9-20(17)32-24)23(28)26-14-16-7-6-10-31-16/h6-7,10-13H,3-5,8-9,14H2,1-2H3,(H,26,28). The Hall–Kier alpha value is -2.58. The summed E-state index contributed by atoms with van der Waals surface area (Å²) in [6, 6.07) is 7.48. The summed E-state index contributed by atoms with van der Waals surface area (Å²) in [6.45, 7) is 2.81. The third-order valence-electron chi connectivity index (χ3n) is 5.25. The highest BCUT2D eigenvalue weighted by molar-refractivity contribution is 9.10. The third-order valence-corrected chi connectivity index (χ3v) is 7.04. The van der Waals surface area contributed by atoms with E-state index < -0.39 is 0 Å². The lowest BCUT2D eigenvalue weighted by Crippen LogP contribution is -2.23. The van der Waals surface area contributed by atoms with E-state index in [1.54, 1.807) is 30.9 Å². The van der Waals surface area contributed by atoms with E-state index >= 15 is 0 Å². The Morgan fingerprint density at radius 1 is 1.34 bits per heavy atom. The Kier molecular flexibility index (Phi) is 7.32. The molecule has 0 atom stereocenters. The van der Waals surface area contributed by atoms with Gasteiger partial charge in [-0.15, -0.1) is 11.3 Å². The monoisotopic (exact) mass is 516 g/mol. The van der Waals surface area contributed by atoms with Gasteiger partial charge in [0.15, 0.2) is 11.5 Å². The SMILES string of the molecule is CCOc1cc(C=Nc2sc3c(c2C(=O)NCc2ccco2)CCCC3)cc(Br)c1OC. The van der Waals surface area contributed by atoms with Crippen LogP contribution in [0.4, 0.5) is 5.00 Å². The summed E-state index contributed by atoms with van der Waals surface area (Å²) >= 11 is 5.15. The van der Waals surface area contributed by atoms with Gasteiger partial charge >= 0.3 is 0 Å². The molecule has 2 aromatic heterocycles. The van der Waals surface area contributed by atoms with Gasteiger partial charge in [0.1, 0.15) is 10.8 Å². The van der Waals surface area contributed by atoms with Crippen LogP contribution in [0.15, 0.2) is 44.4 Å². The number of benzene rings is 1. The van der Waals surface area contributed by atoms with Crippen LogP contribution in [0.3, 0.4) is 0 Å². The lowest BCUT2D eigenvalue weighted by Gasteiger charge is -2.12. The van der Waals surface area contributed by atoms with Crippen LogP contribution >= 0.6 is 27.3 Å². The largest absolute Gasteiger partial charge is 0.492 e. The van der Waals surface area contributed by atoms with Gasteiger partial charge in [-0.25, -0.2) is 4.99 Å². The molecule has 1 aromatic carbocycles. The Balaban J connectivity index is 1.64. The van der Waals surface area contributed by atoms with Crippen molar-refractivity contribution in [3.8, 4) is 11.5 Å². The smallest absolute Gasteiger partial charge is 0.255 e. The predicted molar refractivity (Wildman–Crippen MR) is 130 cm³/mol. The van der Waals surface area contributed by atoms with E-state index in [1.165, 1.54) is 4.88 Å². The van der Waals surface area contributed by atoms with Crippen LogP contribution in [0.1, 0.15) is 51.9 Å². The van der Waals surface area contributed by atoms with Gasteiger partial charge in [0.25, 0.3) is 5.91 Å². The van der Waals surface area contributed by atoms with E-state index in [9.17, 15) is 4.79 Å². The number of fused-ring (bicyclic) bond motifs is 1. The van der Waals surface area contributed by atoms with Crippen molar-refractivity contribution in [2.75, 3.05) is 13.7 Å². The maximum Gasteiger partial charge on any atom is 0.255 e. The summed E-state index contributed by atoms with van der Waals surface area (Å²) in [7, 11) is 1.61. The topological polar surface area (TPSA) is 73.1 Å². The number of nitrogens with zero attached hydrogens (tertiary/aromatic N) is 1. The fraction of sp³-hybridized carbons (Fsp3) is 0.333. The maximum absolute atomic E-state index is 13.1. The molecule has 168 valence electrons. The van der Waals surface area contributed by atoms with Crippen molar-refractivity contribution in [1.29, 1.82) is 0 Å². The van der Waals surface area contributed by atoms with Crippen molar-refractivity contribution in [2.45, 2.75) is 39.2 Å². The number of carbonyl (C=O) groups excluding carboxylic acids is 1. The van der Waals surface area contributed by atoms with Gasteiger partial charge in [-0.1, -0.05) is 0 Å². The zero-order valence-electron chi connectivity index (χ0n) is 18.1. The number of methoxy groups -OCH3 is 1. The molecular weight excluding hydrogens is 492 g/mol. The predicted octanol–water partition coefficient (Wildman–Crippen LogP) is 6.07. The van der Waals surface area contributed by atoms with Gasteiger partial charge in [0, 0.05) is 11.1 Å². The lowest BCUT2D eigenvalue weighted by atomic mass is 9.95. The molecule has 32 heavy (non-hydrogen) atoms. The summed E-state index contributed by atoms with van der Waals surface area (Å²) in [5.41, 5.74) is 2.68. The Morgan fingerprint density at radius 3 is 2.94 bits per heavy atom. The van der Waals surface area contributed by atoms with Crippen LogP contribution in [0.2, 0.25) is 0 Å². The summed E-state index contributed by atoms with van der Waals surface area (Å²) in [5, 5.41) is 3.72. The first-order valence-corrected chi connectivity index (χ1v) is 12.2. The number of aliphatic imine (C=N–C) groups is 1. The first kappa shape index (κ1) is 22.6. The molecule has 0 fully saturated rings. The molecule has 1 N–H and O–H groups in total. The zero-order chi connectivity index (χ0) is 22.5. The molecule has 6 nitrogen and oxygen atoms in total. The van der Waals surface area contributed by atoms with E-state index in [0.29, 0.717) is 30.2 Å². The normalized spacial score (nSPS) is 13.2. The number of furan rings is 1. The molecule has 1 aliphatic carbocycles. The van der Waals surface area contributed by atoms with Crippen LogP contribution in [0.5, 0.6) is 11.5 Å². The molecule has 0 aliphatic heterocycles. The molecule has 0 spiro atoms. The van der Waals surface area contributed by atoms with Crippen molar-refractivity contribution < 1.29 is 18.7 Å². The van der Waals surface area contributed by atoms with Crippen LogP contribution in [-0.4, -0.2) is 25.8 Å². The van der Waals surface area contributed by atoms with Gasteiger partial charge in [-0.05, 0) is 83.9 Å². The average molecular weight is 517 g/mol. The highest BCUT2D eigenvalue weighted by Gasteiger charge is 2.25. The average Bonchev–Trinajstić information content (AvgIpc) is 3.44. The van der Waals surface area contributed by atoms with Crippen LogP contribution in [0.25, 0.3) is 0 Å². The molecule has 0 saturated carbocycles. The van der Waals surface area contributed by atoms with Crippen molar-refractivity contribution in [2.24, 2.45) is 4.99 Å². The van der Waals surface area contributed by atoms with Crippen molar-refractivity contribution in [3.05, 3.63) is 62.3 Å². The highest BCUT2D eigenvalue weighted by Crippen LogP contribution is 2.40. The molecule has 3 aromatic rings. The molecule has 0 bridgehead atoms. The third kappa shape index (κ3) is 4.91. The number of thiophene rings is 1. The zero-order valence-corrected chi connectivity index (χ0v) is 20.5. The first-order valence-electron chi connectivity index (χ1n) is 10.6. The minimum atomic E-state index is -0.112. The summed E-state index contributed by atoms with van der Waals surface area (Å²) in [5.74, 6) is 1.90. The Morgan fingerprint density at radius 2 is 2.19 bits per heavy atom. The molecule has 2 heterocycles. The number of carbonyl (C=O) groups is 1. The number of ether oxygens (including phenoxy) is 2. The highest BCUT2D eigenvalue weighted by atomic mass is 79.9. The summed E-state index contributed by atoms with van der Waals surface area (Å²) in [6.07, 6.45) is 7.52. The maximum atomic E-state index is 13.1. The Bertz CT molecular complexity index is 1120. The lowest BCUT2D eigenvalue weighted by molar-refractivity contribution is 0.0948. The van der Waals surface area contributed by atoms with Crippen LogP contribution in [-0.2, 0) is 19.4 Å². The van der Waals surface area contributed by atoms with Crippen LogP contribution < -0.4 is 14.8 Å². The van der Waals surface area contributed by atoms with Crippen molar-refractivity contribution in [3.63, 3.8) is 0 Å². The quantitative estimate of drug-likeness (QED) is 0.368. The number of amides is 1. The van der Waals surface area contributed by atoms with Gasteiger partial charge in [-0.3, -0.25) is 4.79 Å². The molecule has 4 rings (SSSR count). The number of rotatable bonds is 8. The Labute approximate surface area is 199 Å². The molecule has 0 radical (unpaired) electrons. The minimum absolute atomic E-state index is 0.112. The molecular formula is C24H25BrN2O4S. The second-order valence-corrected chi connectivity index (χ2v) is 9.32.